The van der Waals surface area contributed by atoms with E-state index in [4.69, 9.17) is 11.6 Å². The van der Waals surface area contributed by atoms with E-state index < -0.39 is 28.5 Å². The lowest BCUT2D eigenvalue weighted by atomic mass is 10.0. The summed E-state index contributed by atoms with van der Waals surface area (Å²) in [6, 6.07) is 27.3. The highest BCUT2D eigenvalue weighted by atomic mass is 35.5. The van der Waals surface area contributed by atoms with Crippen LogP contribution < -0.4 is 9.62 Å². The summed E-state index contributed by atoms with van der Waals surface area (Å²) in [5.41, 5.74) is 4.73. The highest BCUT2D eigenvalue weighted by molar-refractivity contribution is 7.92. The molecule has 236 valence electrons. The van der Waals surface area contributed by atoms with E-state index in [1.807, 2.05) is 77.1 Å². The van der Waals surface area contributed by atoms with Crippen molar-refractivity contribution in [2.75, 3.05) is 10.8 Å². The summed E-state index contributed by atoms with van der Waals surface area (Å²) in [7, 11) is -4.17. The maximum Gasteiger partial charge on any atom is 0.264 e. The summed E-state index contributed by atoms with van der Waals surface area (Å²) in [5.74, 6) is -0.855. The summed E-state index contributed by atoms with van der Waals surface area (Å²) in [4.78, 5) is 29.9. The Hall–Kier alpha value is -4.14. The van der Waals surface area contributed by atoms with Crippen molar-refractivity contribution in [1.29, 1.82) is 0 Å². The number of carbonyl (C=O) groups excluding carboxylic acids is 2. The number of benzene rings is 4. The first kappa shape index (κ1) is 33.7. The van der Waals surface area contributed by atoms with Crippen molar-refractivity contribution in [3.63, 3.8) is 0 Å². The largest absolute Gasteiger partial charge is 0.352 e. The molecule has 0 saturated carbocycles. The molecule has 4 aromatic rings. The van der Waals surface area contributed by atoms with E-state index >= 15 is 0 Å². The zero-order valence-corrected chi connectivity index (χ0v) is 27.9. The van der Waals surface area contributed by atoms with Gasteiger partial charge in [-0.2, -0.15) is 0 Å². The fourth-order valence-corrected chi connectivity index (χ4v) is 6.63. The molecule has 4 rings (SSSR count). The zero-order valence-electron chi connectivity index (χ0n) is 26.3. The molecule has 0 bridgehead atoms. The SMILES string of the molecule is Cc1ccc(S(=O)(=O)N(CC(=O)N(Cc2cccc(Cl)c2)C(Cc2ccccc2)C(=O)NC(C)C)c2ccc(C)c(C)c2)cc1. The quantitative estimate of drug-likeness (QED) is 0.188. The van der Waals surface area contributed by atoms with E-state index in [2.05, 4.69) is 5.32 Å². The van der Waals surface area contributed by atoms with Crippen molar-refractivity contribution in [1.82, 2.24) is 10.2 Å². The predicted octanol–water partition coefficient (Wildman–Crippen LogP) is 6.63. The van der Waals surface area contributed by atoms with Gasteiger partial charge in [-0.1, -0.05) is 77.8 Å². The van der Waals surface area contributed by atoms with Crippen molar-refractivity contribution in [3.8, 4) is 0 Å². The van der Waals surface area contributed by atoms with Crippen molar-refractivity contribution in [2.24, 2.45) is 0 Å². The van der Waals surface area contributed by atoms with Gasteiger partial charge in [0, 0.05) is 24.0 Å². The Morgan fingerprint density at radius 2 is 1.47 bits per heavy atom. The van der Waals surface area contributed by atoms with E-state index in [1.54, 1.807) is 54.6 Å². The van der Waals surface area contributed by atoms with Crippen LogP contribution in [-0.2, 0) is 32.6 Å². The summed E-state index contributed by atoms with van der Waals surface area (Å²) in [6.45, 7) is 8.97. The van der Waals surface area contributed by atoms with Crippen LogP contribution in [0.2, 0.25) is 5.02 Å². The van der Waals surface area contributed by atoms with E-state index in [0.29, 0.717) is 16.3 Å². The highest BCUT2D eigenvalue weighted by Gasteiger charge is 2.35. The summed E-state index contributed by atoms with van der Waals surface area (Å²) in [6.07, 6.45) is 0.236. The van der Waals surface area contributed by atoms with Gasteiger partial charge < -0.3 is 10.2 Å². The second-order valence-electron chi connectivity index (χ2n) is 11.6. The topological polar surface area (TPSA) is 86.8 Å². The molecule has 0 fully saturated rings. The molecule has 7 nitrogen and oxygen atoms in total. The molecule has 1 atom stereocenters. The monoisotopic (exact) mass is 645 g/mol. The minimum Gasteiger partial charge on any atom is -0.352 e. The van der Waals surface area contributed by atoms with Crippen LogP contribution in [0.15, 0.2) is 102 Å². The molecule has 2 amide bonds. The van der Waals surface area contributed by atoms with Crippen molar-refractivity contribution < 1.29 is 18.0 Å². The van der Waals surface area contributed by atoms with Crippen LogP contribution in [0.5, 0.6) is 0 Å². The normalized spacial score (nSPS) is 12.1. The predicted molar refractivity (Wildman–Crippen MR) is 181 cm³/mol. The first-order chi connectivity index (χ1) is 21.3. The minimum absolute atomic E-state index is 0.0494. The molecule has 1 unspecified atom stereocenters. The van der Waals surface area contributed by atoms with E-state index in [9.17, 15) is 18.0 Å². The summed E-state index contributed by atoms with van der Waals surface area (Å²) >= 11 is 6.31. The maximum atomic E-state index is 14.5. The number of hydrogen-bond acceptors (Lipinski definition) is 4. The molecule has 0 aliphatic carbocycles. The number of amides is 2. The van der Waals surface area contributed by atoms with Gasteiger partial charge in [0.2, 0.25) is 11.8 Å². The molecule has 45 heavy (non-hydrogen) atoms. The van der Waals surface area contributed by atoms with Crippen LogP contribution >= 0.6 is 11.6 Å². The molecule has 0 heterocycles. The van der Waals surface area contributed by atoms with Crippen LogP contribution in [0.1, 0.15) is 41.7 Å². The number of anilines is 1. The smallest absolute Gasteiger partial charge is 0.264 e. The molecular formula is C36H40ClN3O4S. The average Bonchev–Trinajstić information content (AvgIpc) is 2.99. The number of nitrogens with one attached hydrogen (secondary N) is 1. The molecule has 0 aliphatic heterocycles. The van der Waals surface area contributed by atoms with Crippen LogP contribution in [0.25, 0.3) is 0 Å². The first-order valence-electron chi connectivity index (χ1n) is 14.9. The maximum absolute atomic E-state index is 14.5. The van der Waals surface area contributed by atoms with Crippen LogP contribution in [-0.4, -0.2) is 43.8 Å². The Bertz CT molecular complexity index is 1740. The Kier molecular flexibility index (Phi) is 11.1. The third-order valence-corrected chi connectivity index (χ3v) is 9.63. The van der Waals surface area contributed by atoms with Crippen LogP contribution in [0, 0.1) is 20.8 Å². The molecule has 9 heteroatoms. The zero-order chi connectivity index (χ0) is 32.7. The van der Waals surface area contributed by atoms with E-state index in [1.165, 1.54) is 4.90 Å². The van der Waals surface area contributed by atoms with Gasteiger partial charge in [-0.05, 0) is 93.3 Å². The lowest BCUT2D eigenvalue weighted by Crippen LogP contribution is -2.54. The fourth-order valence-electron chi connectivity index (χ4n) is 5.01. The number of rotatable bonds is 12. The van der Waals surface area contributed by atoms with Gasteiger partial charge in [0.15, 0.2) is 0 Å². The van der Waals surface area contributed by atoms with E-state index in [-0.39, 0.29) is 29.8 Å². The first-order valence-corrected chi connectivity index (χ1v) is 16.7. The van der Waals surface area contributed by atoms with Crippen LogP contribution in [0.4, 0.5) is 5.69 Å². The third kappa shape index (κ3) is 8.74. The number of aryl methyl sites for hydroxylation is 3. The minimum atomic E-state index is -4.17. The fraction of sp³-hybridized carbons (Fsp3) is 0.278. The van der Waals surface area contributed by atoms with Crippen molar-refractivity contribution in [2.45, 2.75) is 64.6 Å². The second kappa shape index (κ2) is 14.8. The molecule has 1 N–H and O–H groups in total. The Labute approximate surface area is 271 Å². The third-order valence-electron chi connectivity index (χ3n) is 7.61. The van der Waals surface area contributed by atoms with Gasteiger partial charge in [0.1, 0.15) is 12.6 Å². The number of halogens is 1. The molecule has 0 aliphatic rings. The Morgan fingerprint density at radius 1 is 0.800 bits per heavy atom. The summed E-state index contributed by atoms with van der Waals surface area (Å²) in [5, 5.41) is 3.46. The second-order valence-corrected chi connectivity index (χ2v) is 13.9. The van der Waals surface area contributed by atoms with Gasteiger partial charge in [-0.25, -0.2) is 8.42 Å². The van der Waals surface area contributed by atoms with Gasteiger partial charge in [0.25, 0.3) is 10.0 Å². The highest BCUT2D eigenvalue weighted by Crippen LogP contribution is 2.27. The molecule has 4 aromatic carbocycles. The number of nitrogens with zero attached hydrogens (tertiary/aromatic N) is 2. The number of hydrogen-bond donors (Lipinski definition) is 1. The van der Waals surface area contributed by atoms with Gasteiger partial charge >= 0.3 is 0 Å². The number of sulfonamides is 1. The Balaban J connectivity index is 1.82. The lowest BCUT2D eigenvalue weighted by molar-refractivity contribution is -0.140. The molecule has 0 spiro atoms. The Morgan fingerprint density at radius 3 is 2.09 bits per heavy atom. The van der Waals surface area contributed by atoms with E-state index in [0.717, 1.165) is 26.6 Å². The standard InChI is InChI=1S/C36H40ClN3O4S/c1-25(2)38-36(42)34(22-29-10-7-6-8-11-29)39(23-30-12-9-13-31(37)21-30)35(41)24-40(32-17-16-27(4)28(5)20-32)45(43,44)33-18-14-26(3)15-19-33/h6-21,25,34H,22-24H2,1-5H3,(H,38,42). The average molecular weight is 646 g/mol. The van der Waals surface area contributed by atoms with Crippen molar-refractivity contribution in [3.05, 3.63) is 130 Å². The molecule has 0 radical (unpaired) electrons. The number of carbonyl (C=O) groups is 2. The molecule has 0 aromatic heterocycles. The summed E-state index contributed by atoms with van der Waals surface area (Å²) < 4.78 is 29.5. The van der Waals surface area contributed by atoms with Gasteiger partial charge in [0.05, 0.1) is 10.6 Å². The molecular weight excluding hydrogens is 606 g/mol. The molecule has 0 saturated heterocycles. The van der Waals surface area contributed by atoms with Crippen molar-refractivity contribution >= 4 is 39.1 Å². The van der Waals surface area contributed by atoms with Gasteiger partial charge in [-0.15, -0.1) is 0 Å². The van der Waals surface area contributed by atoms with Crippen LogP contribution in [0.3, 0.4) is 0 Å². The lowest BCUT2D eigenvalue weighted by Gasteiger charge is -2.34. The van der Waals surface area contributed by atoms with Gasteiger partial charge in [-0.3, -0.25) is 13.9 Å².